The molecule has 0 heterocycles. The number of aliphatic hydroxyl groups is 2. The van der Waals surface area contributed by atoms with Crippen LogP contribution in [0.5, 0.6) is 0 Å². The molecule has 0 rings (SSSR count). The molecule has 0 saturated heterocycles. The number of allylic oxidation sites excluding steroid dienone is 2. The quantitative estimate of drug-likeness (QED) is 0.0233. The molecule has 0 amide bonds. The Kier molecular flexibility index (Phi) is 49.6. The lowest BCUT2D eigenvalue weighted by Crippen LogP contribution is -2.29. The summed E-state index contributed by atoms with van der Waals surface area (Å²) in [6, 6.07) is 0. The maximum Gasteiger partial charge on any atom is 0.472 e. The van der Waals surface area contributed by atoms with Crippen LogP contribution in [0.15, 0.2) is 12.2 Å². The number of ether oxygens (including phenoxy) is 2. The second-order valence-electron chi connectivity index (χ2n) is 19.0. The van der Waals surface area contributed by atoms with Gasteiger partial charge in [0, 0.05) is 12.8 Å². The highest BCUT2D eigenvalue weighted by Crippen LogP contribution is 2.43. The van der Waals surface area contributed by atoms with Gasteiger partial charge in [-0.2, -0.15) is 0 Å². The Morgan fingerprint density at radius 2 is 0.754 bits per heavy atom. The molecule has 3 unspecified atom stereocenters. The van der Waals surface area contributed by atoms with Gasteiger partial charge in [-0.05, 0) is 38.5 Å². The molecule has 0 spiro atoms. The topological polar surface area (TPSA) is 149 Å². The minimum absolute atomic E-state index is 0.189. The van der Waals surface area contributed by atoms with Crippen molar-refractivity contribution in [3.05, 3.63) is 12.2 Å². The Bertz CT molecular complexity index is 1090. The molecule has 0 aromatic rings. The summed E-state index contributed by atoms with van der Waals surface area (Å²) in [6.45, 7) is 2.45. The summed E-state index contributed by atoms with van der Waals surface area (Å²) in [7, 11) is -4.62. The van der Waals surface area contributed by atoms with E-state index in [0.717, 1.165) is 32.1 Å². The Labute approximate surface area is 400 Å². The third-order valence-corrected chi connectivity index (χ3v) is 13.4. The average Bonchev–Trinajstić information content (AvgIpc) is 3.30. The van der Waals surface area contributed by atoms with Crippen molar-refractivity contribution < 1.29 is 47.8 Å². The molecule has 3 atom stereocenters. The van der Waals surface area contributed by atoms with E-state index in [0.29, 0.717) is 12.8 Å². The summed E-state index contributed by atoms with van der Waals surface area (Å²) in [6.07, 6.45) is 53.3. The smallest absolute Gasteiger partial charge is 0.462 e. The highest BCUT2D eigenvalue weighted by atomic mass is 31.2. The van der Waals surface area contributed by atoms with Crippen molar-refractivity contribution >= 4 is 19.8 Å². The molecule has 0 bridgehead atoms. The van der Waals surface area contributed by atoms with Gasteiger partial charge < -0.3 is 24.6 Å². The third-order valence-electron chi connectivity index (χ3n) is 12.4. The molecule has 0 fully saturated rings. The largest absolute Gasteiger partial charge is 0.472 e. The summed E-state index contributed by atoms with van der Waals surface area (Å²) in [5.41, 5.74) is 0. The van der Waals surface area contributed by atoms with Crippen molar-refractivity contribution in [3.8, 4) is 0 Å². The van der Waals surface area contributed by atoms with E-state index in [1.807, 2.05) is 0 Å². The number of unbranched alkanes of at least 4 members (excludes halogenated alkanes) is 37. The fourth-order valence-corrected chi connectivity index (χ4v) is 8.96. The van der Waals surface area contributed by atoms with Gasteiger partial charge in [0.1, 0.15) is 12.7 Å². The van der Waals surface area contributed by atoms with Gasteiger partial charge in [-0.1, -0.05) is 244 Å². The molecular weight excluding hydrogens is 840 g/mol. The molecule has 0 radical (unpaired) electrons. The van der Waals surface area contributed by atoms with E-state index in [1.165, 1.54) is 212 Å². The average molecular weight is 945 g/mol. The van der Waals surface area contributed by atoms with Crippen LogP contribution in [0.1, 0.15) is 284 Å². The molecule has 3 N–H and O–H groups in total. The number of hydrogen-bond acceptors (Lipinski definition) is 9. The number of aliphatic hydroxyl groups excluding tert-OH is 2. The van der Waals surface area contributed by atoms with Gasteiger partial charge in [0.05, 0.1) is 19.8 Å². The first kappa shape index (κ1) is 63.7. The third kappa shape index (κ3) is 50.4. The second kappa shape index (κ2) is 50.6. The van der Waals surface area contributed by atoms with E-state index in [4.69, 9.17) is 23.6 Å². The van der Waals surface area contributed by atoms with Gasteiger partial charge in [-0.15, -0.1) is 0 Å². The molecule has 11 heteroatoms. The molecule has 0 saturated carbocycles. The van der Waals surface area contributed by atoms with Crippen LogP contribution in [-0.4, -0.2) is 65.7 Å². The number of rotatable bonds is 53. The zero-order valence-corrected chi connectivity index (χ0v) is 43.4. The van der Waals surface area contributed by atoms with Crippen LogP contribution in [-0.2, 0) is 32.7 Å². The fraction of sp³-hybridized carbons (Fsp3) is 0.926. The highest BCUT2D eigenvalue weighted by Gasteiger charge is 2.27. The molecule has 65 heavy (non-hydrogen) atoms. The van der Waals surface area contributed by atoms with E-state index in [1.54, 1.807) is 0 Å². The zero-order chi connectivity index (χ0) is 47.6. The predicted molar refractivity (Wildman–Crippen MR) is 270 cm³/mol. The maximum atomic E-state index is 12.7. The van der Waals surface area contributed by atoms with E-state index in [2.05, 4.69) is 26.0 Å². The van der Waals surface area contributed by atoms with Gasteiger partial charge >= 0.3 is 19.8 Å². The van der Waals surface area contributed by atoms with Crippen molar-refractivity contribution in [2.75, 3.05) is 26.4 Å². The monoisotopic (exact) mass is 945 g/mol. The van der Waals surface area contributed by atoms with Gasteiger partial charge in [-0.3, -0.25) is 18.6 Å². The number of phosphoric ester groups is 1. The van der Waals surface area contributed by atoms with Crippen molar-refractivity contribution in [3.63, 3.8) is 0 Å². The van der Waals surface area contributed by atoms with Crippen LogP contribution in [0, 0.1) is 0 Å². The molecule has 0 aliphatic heterocycles. The molecular formula is C54H105O10P. The van der Waals surface area contributed by atoms with Crippen molar-refractivity contribution in [2.45, 2.75) is 296 Å². The normalized spacial score (nSPS) is 13.6. The maximum absolute atomic E-state index is 12.7. The summed E-state index contributed by atoms with van der Waals surface area (Å²) < 4.78 is 32.9. The lowest BCUT2D eigenvalue weighted by atomic mass is 10.0. The number of carbonyl (C=O) groups excluding carboxylic acids is 2. The number of phosphoric acid groups is 1. The minimum Gasteiger partial charge on any atom is -0.462 e. The van der Waals surface area contributed by atoms with Crippen molar-refractivity contribution in [2.24, 2.45) is 0 Å². The standard InChI is InChI=1S/C54H105O10P/c1-3-5-7-9-11-13-15-17-19-21-23-24-25-26-28-30-32-34-36-38-40-42-44-46-54(58)64-52(50-63-65(59,60)62-48-51(56)47-55)49-61-53(57)45-43-41-39-37-35-33-31-29-27-22-20-18-16-14-12-10-8-6-4-2/h21,23,51-52,55-56H,3-20,22,24-50H2,1-2H3,(H,59,60)/b23-21-. The minimum atomic E-state index is -4.62. The van der Waals surface area contributed by atoms with Crippen molar-refractivity contribution in [1.29, 1.82) is 0 Å². The summed E-state index contributed by atoms with van der Waals surface area (Å²) in [5.74, 6) is -0.906. The first-order valence-corrected chi connectivity index (χ1v) is 29.1. The Morgan fingerprint density at radius 1 is 0.446 bits per heavy atom. The number of hydrogen-bond donors (Lipinski definition) is 3. The SMILES string of the molecule is CCCCCCCCCC/C=C\CCCCCCCCCCCCCC(=O)OC(COC(=O)CCCCCCCCCCCCCCCCCCCCC)COP(=O)(O)OCC(O)CO. The van der Waals surface area contributed by atoms with E-state index < -0.39 is 51.8 Å². The molecule has 0 aromatic heterocycles. The first-order chi connectivity index (χ1) is 31.7. The lowest BCUT2D eigenvalue weighted by Gasteiger charge is -2.20. The van der Waals surface area contributed by atoms with Crippen LogP contribution in [0.3, 0.4) is 0 Å². The van der Waals surface area contributed by atoms with E-state index in [9.17, 15) is 24.2 Å². The predicted octanol–water partition coefficient (Wildman–Crippen LogP) is 15.9. The molecule has 386 valence electrons. The Hall–Kier alpha value is -1.29. The van der Waals surface area contributed by atoms with Crippen LogP contribution in [0.4, 0.5) is 0 Å². The van der Waals surface area contributed by atoms with E-state index in [-0.39, 0.29) is 19.4 Å². The van der Waals surface area contributed by atoms with Crippen LogP contribution in [0.2, 0.25) is 0 Å². The van der Waals surface area contributed by atoms with Gasteiger partial charge in [-0.25, -0.2) is 4.57 Å². The zero-order valence-electron chi connectivity index (χ0n) is 42.5. The van der Waals surface area contributed by atoms with Crippen LogP contribution < -0.4 is 0 Å². The molecule has 0 aliphatic carbocycles. The number of esters is 2. The molecule has 0 aliphatic rings. The highest BCUT2D eigenvalue weighted by molar-refractivity contribution is 7.47. The summed E-state index contributed by atoms with van der Waals surface area (Å²) in [4.78, 5) is 35.2. The lowest BCUT2D eigenvalue weighted by molar-refractivity contribution is -0.161. The van der Waals surface area contributed by atoms with E-state index >= 15 is 0 Å². The first-order valence-electron chi connectivity index (χ1n) is 27.6. The summed E-state index contributed by atoms with van der Waals surface area (Å²) in [5, 5.41) is 18.4. The molecule has 10 nitrogen and oxygen atoms in total. The van der Waals surface area contributed by atoms with Gasteiger partial charge in [0.15, 0.2) is 6.10 Å². The van der Waals surface area contributed by atoms with Crippen molar-refractivity contribution in [1.82, 2.24) is 0 Å². The summed E-state index contributed by atoms with van der Waals surface area (Å²) >= 11 is 0. The fourth-order valence-electron chi connectivity index (χ4n) is 8.17. The van der Waals surface area contributed by atoms with Gasteiger partial charge in [0.2, 0.25) is 0 Å². The molecule has 0 aromatic carbocycles. The Balaban J connectivity index is 4.09. The Morgan fingerprint density at radius 3 is 1.11 bits per heavy atom. The van der Waals surface area contributed by atoms with Gasteiger partial charge in [0.25, 0.3) is 0 Å². The van der Waals surface area contributed by atoms with Crippen LogP contribution >= 0.6 is 7.82 Å². The van der Waals surface area contributed by atoms with Crippen LogP contribution in [0.25, 0.3) is 0 Å². The second-order valence-corrected chi connectivity index (χ2v) is 20.4. The number of carbonyl (C=O) groups is 2.